The van der Waals surface area contributed by atoms with Crippen LogP contribution in [0.15, 0.2) is 12.1 Å². The van der Waals surface area contributed by atoms with E-state index in [2.05, 4.69) is 54.7 Å². The van der Waals surface area contributed by atoms with Crippen LogP contribution >= 0.6 is 0 Å². The first-order valence-corrected chi connectivity index (χ1v) is 13.2. The molecule has 1 rings (SSSR count). The molecule has 0 aliphatic heterocycles. The van der Waals surface area contributed by atoms with Gasteiger partial charge in [0.05, 0.1) is 19.8 Å². The number of rotatable bonds is 20. The van der Waals surface area contributed by atoms with E-state index in [-0.39, 0.29) is 34.6 Å². The summed E-state index contributed by atoms with van der Waals surface area (Å²) >= 11 is 0. The molecule has 10 nitrogen and oxygen atoms in total. The van der Waals surface area contributed by atoms with E-state index < -0.39 is 11.9 Å². The third kappa shape index (κ3) is 13.2. The van der Waals surface area contributed by atoms with E-state index in [1.54, 1.807) is 0 Å². The van der Waals surface area contributed by atoms with Crippen LogP contribution in [0.4, 0.5) is 0 Å². The van der Waals surface area contributed by atoms with Gasteiger partial charge in [-0.15, -0.1) is 0 Å². The molecule has 0 unspecified atom stereocenters. The van der Waals surface area contributed by atoms with Gasteiger partial charge in [0.25, 0.3) is 0 Å². The molecular weight excluding hydrogens is 476 g/mol. The molecule has 0 aliphatic carbocycles. The maximum absolute atomic E-state index is 11.3. The summed E-state index contributed by atoms with van der Waals surface area (Å²) in [4.78, 5) is 31.1. The number of aromatic carboxylic acids is 2. The number of carbonyl (C=O) groups is 2. The van der Waals surface area contributed by atoms with Gasteiger partial charge in [-0.1, -0.05) is 48.5 Å². The molecule has 0 aliphatic rings. The second-order valence-corrected chi connectivity index (χ2v) is 11.0. The Bertz CT molecular complexity index is 814. The molecule has 0 spiro atoms. The Kier molecular flexibility index (Phi) is 14.0. The molecule has 1 heterocycles. The summed E-state index contributed by atoms with van der Waals surface area (Å²) < 4.78 is 11.9. The predicted molar refractivity (Wildman–Crippen MR) is 145 cm³/mol. The average Bonchev–Trinajstić information content (AvgIpc) is 2.83. The molecule has 10 heteroatoms. The Balaban J connectivity index is 2.56. The second-order valence-electron chi connectivity index (χ2n) is 11.0. The maximum atomic E-state index is 11.3. The number of likely N-dealkylation sites (N-methyl/N-ethyl adjacent to an activating group) is 3. The Labute approximate surface area is 222 Å². The van der Waals surface area contributed by atoms with E-state index in [1.165, 1.54) is 12.1 Å². The number of hydrogen-bond acceptors (Lipinski definition) is 8. The zero-order chi connectivity index (χ0) is 28.1. The monoisotopic (exact) mass is 524 g/mol. The van der Waals surface area contributed by atoms with Crippen LogP contribution in [0.2, 0.25) is 0 Å². The molecule has 0 fully saturated rings. The van der Waals surface area contributed by atoms with Gasteiger partial charge in [0.2, 0.25) is 0 Å². The first kappa shape index (κ1) is 32.8. The maximum Gasteiger partial charge on any atom is 0.354 e. The zero-order valence-corrected chi connectivity index (χ0v) is 23.8. The highest BCUT2D eigenvalue weighted by Crippen LogP contribution is 2.23. The highest BCUT2D eigenvalue weighted by Gasteiger charge is 2.26. The van der Waals surface area contributed by atoms with Crippen LogP contribution < -0.4 is 10.1 Å². The van der Waals surface area contributed by atoms with E-state index in [9.17, 15) is 19.8 Å². The number of hydrogen-bond donors (Lipinski definition) is 3. The number of carboxylic acids is 2. The second kappa shape index (κ2) is 15.9. The van der Waals surface area contributed by atoms with Crippen molar-refractivity contribution >= 4 is 11.9 Å². The minimum atomic E-state index is -1.31. The van der Waals surface area contributed by atoms with Gasteiger partial charge in [-0.3, -0.25) is 0 Å². The van der Waals surface area contributed by atoms with Gasteiger partial charge in [-0.2, -0.15) is 0 Å². The number of carboxylic acid groups (broad SMARTS) is 2. The zero-order valence-electron chi connectivity index (χ0n) is 23.8. The Morgan fingerprint density at radius 2 is 1.41 bits per heavy atom. The van der Waals surface area contributed by atoms with Crippen molar-refractivity contribution < 1.29 is 29.3 Å². The minimum Gasteiger partial charge on any atom is -0.493 e. The lowest BCUT2D eigenvalue weighted by atomic mass is 9.93. The standard InChI is InChI=1S/C27H48N4O6/c1-8-28-11-12-30(9-2)13-14-31(10-3)17-26(4,5)18-36-19-27(6,7)20-37-21-15-22(24(32)33)29-23(16-21)25(34)35/h15-16,28H,8-14,17-20H2,1-7H3,(H,32,33)(H,34,35). The summed E-state index contributed by atoms with van der Waals surface area (Å²) in [5, 5.41) is 21.8. The van der Waals surface area contributed by atoms with Gasteiger partial charge < -0.3 is 34.8 Å². The molecule has 0 aromatic carbocycles. The molecule has 0 atom stereocenters. The summed E-state index contributed by atoms with van der Waals surface area (Å²) in [6.07, 6.45) is 0. The van der Waals surface area contributed by atoms with Crippen molar-refractivity contribution in [3.8, 4) is 5.75 Å². The average molecular weight is 525 g/mol. The van der Waals surface area contributed by atoms with Crippen LogP contribution in [-0.4, -0.2) is 109 Å². The van der Waals surface area contributed by atoms with Crippen molar-refractivity contribution in [2.45, 2.75) is 48.5 Å². The van der Waals surface area contributed by atoms with E-state index in [1.807, 2.05) is 13.8 Å². The number of aromatic nitrogens is 1. The first-order chi connectivity index (χ1) is 17.3. The van der Waals surface area contributed by atoms with Crippen molar-refractivity contribution in [2.24, 2.45) is 10.8 Å². The SMILES string of the molecule is CCNCCN(CC)CCN(CC)CC(C)(C)COCC(C)(C)COc1cc(C(=O)O)nc(C(=O)O)c1. The van der Waals surface area contributed by atoms with Crippen LogP contribution in [0, 0.1) is 10.8 Å². The van der Waals surface area contributed by atoms with E-state index in [0.717, 1.165) is 52.4 Å². The van der Waals surface area contributed by atoms with Crippen molar-refractivity contribution in [2.75, 3.05) is 72.2 Å². The van der Waals surface area contributed by atoms with Crippen LogP contribution in [0.1, 0.15) is 69.4 Å². The van der Waals surface area contributed by atoms with Gasteiger partial charge >= 0.3 is 11.9 Å². The molecule has 1 aromatic heterocycles. The molecule has 0 bridgehead atoms. The van der Waals surface area contributed by atoms with Gasteiger partial charge in [0.1, 0.15) is 5.75 Å². The Hall–Kier alpha value is -2.27. The molecule has 37 heavy (non-hydrogen) atoms. The van der Waals surface area contributed by atoms with Crippen LogP contribution in [0.25, 0.3) is 0 Å². The predicted octanol–water partition coefficient (Wildman–Crippen LogP) is 3.18. The summed E-state index contributed by atoms with van der Waals surface area (Å²) in [6, 6.07) is 2.46. The largest absolute Gasteiger partial charge is 0.493 e. The Morgan fingerprint density at radius 1 is 0.865 bits per heavy atom. The fourth-order valence-electron chi connectivity index (χ4n) is 3.86. The minimum absolute atomic E-state index is 0.0361. The lowest BCUT2D eigenvalue weighted by Gasteiger charge is -2.34. The van der Waals surface area contributed by atoms with E-state index in [4.69, 9.17) is 9.47 Å². The van der Waals surface area contributed by atoms with Gasteiger partial charge in [0, 0.05) is 55.7 Å². The summed E-state index contributed by atoms with van der Waals surface area (Å²) in [5.74, 6) is -2.46. The van der Waals surface area contributed by atoms with Gasteiger partial charge in [-0.05, 0) is 19.6 Å². The number of nitrogens with one attached hydrogen (secondary N) is 1. The summed E-state index contributed by atoms with van der Waals surface area (Å²) in [6.45, 7) is 24.3. The Morgan fingerprint density at radius 3 is 1.92 bits per heavy atom. The number of pyridine rings is 1. The van der Waals surface area contributed by atoms with Gasteiger partial charge in [0.15, 0.2) is 11.4 Å². The van der Waals surface area contributed by atoms with Crippen molar-refractivity contribution in [1.82, 2.24) is 20.1 Å². The molecule has 0 saturated carbocycles. The molecule has 0 amide bonds. The molecule has 212 valence electrons. The molecular formula is C27H48N4O6. The number of nitrogens with zero attached hydrogens (tertiary/aromatic N) is 3. The highest BCUT2D eigenvalue weighted by atomic mass is 16.5. The van der Waals surface area contributed by atoms with Crippen LogP contribution in [-0.2, 0) is 4.74 Å². The first-order valence-electron chi connectivity index (χ1n) is 13.2. The highest BCUT2D eigenvalue weighted by molar-refractivity contribution is 5.90. The molecule has 0 saturated heterocycles. The lowest BCUT2D eigenvalue weighted by Crippen LogP contribution is -2.43. The third-order valence-corrected chi connectivity index (χ3v) is 5.99. The smallest absolute Gasteiger partial charge is 0.354 e. The normalized spacial score (nSPS) is 12.4. The summed E-state index contributed by atoms with van der Waals surface area (Å²) in [7, 11) is 0. The summed E-state index contributed by atoms with van der Waals surface area (Å²) in [5.41, 5.74) is -1.15. The van der Waals surface area contributed by atoms with Crippen LogP contribution in [0.5, 0.6) is 5.75 Å². The molecule has 3 N–H and O–H groups in total. The van der Waals surface area contributed by atoms with E-state index >= 15 is 0 Å². The van der Waals surface area contributed by atoms with Crippen LogP contribution in [0.3, 0.4) is 0 Å². The van der Waals surface area contributed by atoms with E-state index in [0.29, 0.717) is 13.2 Å². The molecule has 0 radical (unpaired) electrons. The lowest BCUT2D eigenvalue weighted by molar-refractivity contribution is -0.0113. The fourth-order valence-corrected chi connectivity index (χ4v) is 3.86. The van der Waals surface area contributed by atoms with Crippen molar-refractivity contribution in [1.29, 1.82) is 0 Å². The fraction of sp³-hybridized carbons (Fsp3) is 0.741. The third-order valence-electron chi connectivity index (χ3n) is 5.99. The molecule has 1 aromatic rings. The number of ether oxygens (including phenoxy) is 2. The van der Waals surface area contributed by atoms with Crippen molar-refractivity contribution in [3.63, 3.8) is 0 Å². The van der Waals surface area contributed by atoms with Gasteiger partial charge in [-0.25, -0.2) is 14.6 Å². The quantitative estimate of drug-likeness (QED) is 0.219. The van der Waals surface area contributed by atoms with Crippen molar-refractivity contribution in [3.05, 3.63) is 23.5 Å². The topological polar surface area (TPSA) is 124 Å².